The first-order valence-electron chi connectivity index (χ1n) is 12.7. The number of anilines is 1. The number of fused-ring (bicyclic) bond motifs is 2. The van der Waals surface area contributed by atoms with Gasteiger partial charge in [-0.2, -0.15) is 0 Å². The Morgan fingerprint density at radius 2 is 1.78 bits per heavy atom. The number of amides is 3. The van der Waals surface area contributed by atoms with E-state index < -0.39 is 33.4 Å². The van der Waals surface area contributed by atoms with Crippen LogP contribution < -0.4 is 4.90 Å². The molecule has 1 aromatic carbocycles. The first-order chi connectivity index (χ1) is 17.1. The highest BCUT2D eigenvalue weighted by Crippen LogP contribution is 2.65. The molecule has 0 bridgehead atoms. The van der Waals surface area contributed by atoms with Gasteiger partial charge in [0.2, 0.25) is 11.8 Å². The van der Waals surface area contributed by atoms with E-state index in [2.05, 4.69) is 6.08 Å². The summed E-state index contributed by atoms with van der Waals surface area (Å²) in [5.41, 5.74) is 2.86. The third-order valence-electron chi connectivity index (χ3n) is 8.43. The summed E-state index contributed by atoms with van der Waals surface area (Å²) in [6.07, 6.45) is 8.58. The number of rotatable bonds is 4. The Balaban J connectivity index is 1.70. The van der Waals surface area contributed by atoms with E-state index in [0.29, 0.717) is 19.5 Å². The van der Waals surface area contributed by atoms with Crippen LogP contribution in [0.1, 0.15) is 31.4 Å². The van der Waals surface area contributed by atoms with Gasteiger partial charge in [-0.05, 0) is 44.4 Å². The maximum atomic E-state index is 14.5. The lowest BCUT2D eigenvalue weighted by atomic mass is 9.74. The number of hydrogen-bond donors (Lipinski definition) is 1. The van der Waals surface area contributed by atoms with Gasteiger partial charge in [-0.15, -0.1) is 11.8 Å². The first-order valence-corrected chi connectivity index (χ1v) is 13.5. The van der Waals surface area contributed by atoms with Crippen molar-refractivity contribution < 1.29 is 19.5 Å². The van der Waals surface area contributed by atoms with E-state index in [1.165, 1.54) is 0 Å². The van der Waals surface area contributed by atoms with E-state index in [0.717, 1.165) is 16.8 Å². The Morgan fingerprint density at radius 1 is 1.06 bits per heavy atom. The molecule has 7 nitrogen and oxygen atoms in total. The zero-order valence-corrected chi connectivity index (χ0v) is 22.4. The van der Waals surface area contributed by atoms with Gasteiger partial charge in [0.15, 0.2) is 0 Å². The minimum Gasteiger partial charge on any atom is -0.394 e. The summed E-state index contributed by atoms with van der Waals surface area (Å²) in [6.45, 7) is 8.57. The standard InChI is InChI=1S/C28H35N3O4S/c1-6-19(16-32)31-23-26(35)30(20-15-17(2)9-10-18(20)3)14-8-12-28(23)22(25(31)34)21-24(33)29(5)13-7-11-27(21,4)36-28/h7-12,15,19,21-23,32H,6,13-14,16H2,1-5H3/t19-,21-,22-,23?,27+,28-/m0/s1. The molecular weight excluding hydrogens is 474 g/mol. The molecule has 2 saturated heterocycles. The number of benzene rings is 1. The molecule has 4 aliphatic heterocycles. The van der Waals surface area contributed by atoms with E-state index in [9.17, 15) is 19.5 Å². The fraction of sp³-hybridized carbons (Fsp3) is 0.536. The Labute approximate surface area is 217 Å². The monoisotopic (exact) mass is 509 g/mol. The lowest BCUT2D eigenvalue weighted by Crippen LogP contribution is -2.57. The van der Waals surface area contributed by atoms with Gasteiger partial charge in [-0.1, -0.05) is 43.4 Å². The highest BCUT2D eigenvalue weighted by atomic mass is 32.2. The number of carbonyl (C=O) groups excluding carboxylic acids is 3. The van der Waals surface area contributed by atoms with Crippen LogP contribution in [-0.2, 0) is 14.4 Å². The molecule has 0 aliphatic carbocycles. The number of aliphatic hydroxyl groups excluding tert-OH is 1. The molecule has 6 atom stereocenters. The molecule has 4 heterocycles. The number of aryl methyl sites for hydroxylation is 2. The van der Waals surface area contributed by atoms with E-state index in [1.807, 2.05) is 64.1 Å². The molecular formula is C28H35N3O4S. The number of thioether (sulfide) groups is 1. The molecule has 1 N–H and O–H groups in total. The quantitative estimate of drug-likeness (QED) is 0.632. The summed E-state index contributed by atoms with van der Waals surface area (Å²) in [4.78, 5) is 47.6. The van der Waals surface area contributed by atoms with Crippen molar-refractivity contribution in [2.75, 3.05) is 31.6 Å². The second-order valence-electron chi connectivity index (χ2n) is 10.7. The fourth-order valence-corrected chi connectivity index (χ4v) is 8.76. The average Bonchev–Trinajstić information content (AvgIpc) is 3.12. The molecule has 0 radical (unpaired) electrons. The maximum Gasteiger partial charge on any atom is 0.251 e. The largest absolute Gasteiger partial charge is 0.394 e. The Morgan fingerprint density at radius 3 is 2.47 bits per heavy atom. The van der Waals surface area contributed by atoms with Crippen molar-refractivity contribution >= 4 is 35.2 Å². The lowest BCUT2D eigenvalue weighted by molar-refractivity contribution is -0.144. The van der Waals surface area contributed by atoms with Crippen molar-refractivity contribution in [2.45, 2.75) is 55.7 Å². The third-order valence-corrected chi connectivity index (χ3v) is 10.2. The van der Waals surface area contributed by atoms with Gasteiger partial charge in [0, 0.05) is 30.6 Å². The molecule has 3 amide bonds. The van der Waals surface area contributed by atoms with Crippen LogP contribution in [0.15, 0.2) is 42.5 Å². The predicted molar refractivity (Wildman–Crippen MR) is 142 cm³/mol. The van der Waals surface area contributed by atoms with Crippen LogP contribution in [0.2, 0.25) is 0 Å². The second-order valence-corrected chi connectivity index (χ2v) is 12.5. The number of nitrogens with zero attached hydrogens (tertiary/aromatic N) is 3. The smallest absolute Gasteiger partial charge is 0.251 e. The van der Waals surface area contributed by atoms with Crippen LogP contribution in [0.5, 0.6) is 0 Å². The van der Waals surface area contributed by atoms with E-state index in [-0.39, 0.29) is 24.3 Å². The van der Waals surface area contributed by atoms with Crippen LogP contribution in [0.25, 0.3) is 0 Å². The fourth-order valence-electron chi connectivity index (χ4n) is 6.62. The van der Waals surface area contributed by atoms with Crippen molar-refractivity contribution in [2.24, 2.45) is 11.8 Å². The lowest BCUT2D eigenvalue weighted by Gasteiger charge is -2.39. The van der Waals surface area contributed by atoms with Gasteiger partial charge in [0.1, 0.15) is 6.04 Å². The van der Waals surface area contributed by atoms with Gasteiger partial charge < -0.3 is 19.8 Å². The minimum atomic E-state index is -0.902. The van der Waals surface area contributed by atoms with Crippen molar-refractivity contribution in [1.82, 2.24) is 9.80 Å². The zero-order chi connectivity index (χ0) is 26.0. The van der Waals surface area contributed by atoms with Gasteiger partial charge in [-0.25, -0.2) is 0 Å². The Kier molecular flexibility index (Phi) is 6.11. The molecule has 0 saturated carbocycles. The molecule has 8 heteroatoms. The number of likely N-dealkylation sites (tertiary alicyclic amines) is 1. The van der Waals surface area contributed by atoms with Crippen molar-refractivity contribution in [1.29, 1.82) is 0 Å². The minimum absolute atomic E-state index is 0.0700. The average molecular weight is 510 g/mol. The maximum absolute atomic E-state index is 14.5. The molecule has 0 aromatic heterocycles. The SMILES string of the molecule is CC[C@@H](CO)N1C(=O)[C@@H]2[C@H]3C(=O)N(C)CC=C[C@@]3(C)S[C@@]23C=CCN(c2cc(C)ccc2C)C(=O)C13. The van der Waals surface area contributed by atoms with E-state index >= 15 is 0 Å². The predicted octanol–water partition coefficient (Wildman–Crippen LogP) is 2.69. The molecule has 1 spiro atoms. The van der Waals surface area contributed by atoms with Gasteiger partial charge >= 0.3 is 0 Å². The van der Waals surface area contributed by atoms with Crippen LogP contribution in [-0.4, -0.2) is 80.9 Å². The van der Waals surface area contributed by atoms with Gasteiger partial charge in [-0.3, -0.25) is 14.4 Å². The molecule has 5 rings (SSSR count). The highest BCUT2D eigenvalue weighted by molar-refractivity contribution is 8.02. The van der Waals surface area contributed by atoms with Crippen LogP contribution in [0.4, 0.5) is 5.69 Å². The number of carbonyl (C=O) groups is 3. The topological polar surface area (TPSA) is 81.2 Å². The van der Waals surface area contributed by atoms with E-state index in [1.54, 1.807) is 33.5 Å². The summed E-state index contributed by atoms with van der Waals surface area (Å²) in [5.74, 6) is -1.71. The molecule has 4 aliphatic rings. The first kappa shape index (κ1) is 25.1. The molecule has 36 heavy (non-hydrogen) atoms. The van der Waals surface area contributed by atoms with Crippen LogP contribution in [0.3, 0.4) is 0 Å². The number of aliphatic hydroxyl groups is 1. The molecule has 1 aromatic rings. The normalized spacial score (nSPS) is 34.4. The van der Waals surface area contributed by atoms with Crippen molar-refractivity contribution in [3.8, 4) is 0 Å². The summed E-state index contributed by atoms with van der Waals surface area (Å²) in [6, 6.07) is 4.73. The number of hydrogen-bond acceptors (Lipinski definition) is 5. The molecule has 1 unspecified atom stereocenters. The molecule has 192 valence electrons. The summed E-state index contributed by atoms with van der Waals surface area (Å²) in [7, 11) is 1.77. The van der Waals surface area contributed by atoms with Gasteiger partial charge in [0.05, 0.1) is 29.2 Å². The highest BCUT2D eigenvalue weighted by Gasteiger charge is 2.74. The zero-order valence-electron chi connectivity index (χ0n) is 21.6. The van der Waals surface area contributed by atoms with Crippen molar-refractivity contribution in [3.05, 3.63) is 53.6 Å². The Hall–Kier alpha value is -2.58. The summed E-state index contributed by atoms with van der Waals surface area (Å²) in [5, 5.41) is 10.3. The number of likely N-dealkylation sites (N-methyl/N-ethyl adjacent to an activating group) is 1. The third kappa shape index (κ3) is 3.40. The second kappa shape index (κ2) is 8.77. The van der Waals surface area contributed by atoms with Gasteiger partial charge in [0.25, 0.3) is 5.91 Å². The van der Waals surface area contributed by atoms with Crippen LogP contribution >= 0.6 is 11.8 Å². The van der Waals surface area contributed by atoms with Crippen molar-refractivity contribution in [3.63, 3.8) is 0 Å². The van der Waals surface area contributed by atoms with Crippen LogP contribution in [0, 0.1) is 25.7 Å². The summed E-state index contributed by atoms with van der Waals surface area (Å²) < 4.78 is -1.52. The molecule has 2 fully saturated rings. The summed E-state index contributed by atoms with van der Waals surface area (Å²) >= 11 is 1.57. The van der Waals surface area contributed by atoms with E-state index in [4.69, 9.17) is 0 Å². The Bertz CT molecular complexity index is 1180.